The van der Waals surface area contributed by atoms with Crippen LogP contribution in [0.25, 0.3) is 0 Å². The first kappa shape index (κ1) is 22.2. The Balaban J connectivity index is 2.37. The van der Waals surface area contributed by atoms with Gasteiger partial charge in [0.25, 0.3) is 15.0 Å². The first-order chi connectivity index (χ1) is 13.6. The van der Waals surface area contributed by atoms with Gasteiger partial charge in [-0.05, 0) is 37.3 Å². The fourth-order valence-electron chi connectivity index (χ4n) is 2.14. The third-order valence-electron chi connectivity index (χ3n) is 3.42. The number of halogens is 1. The van der Waals surface area contributed by atoms with E-state index in [0.29, 0.717) is 5.69 Å². The number of rotatable bonds is 7. The number of benzene rings is 2. The van der Waals surface area contributed by atoms with Crippen LogP contribution in [0.5, 0.6) is 5.75 Å². The Kier molecular flexibility index (Phi) is 7.18. The highest BCUT2D eigenvalue weighted by atomic mass is 35.7. The number of nitrogens with one attached hydrogen (secondary N) is 1. The van der Waals surface area contributed by atoms with E-state index in [1.165, 1.54) is 0 Å². The van der Waals surface area contributed by atoms with Crippen LogP contribution in [-0.4, -0.2) is 32.1 Å². The molecule has 1 N–H and O–H groups in total. The van der Waals surface area contributed by atoms with Crippen LogP contribution in [0.4, 0.5) is 11.4 Å². The summed E-state index contributed by atoms with van der Waals surface area (Å²) in [5.41, 5.74) is 0.260. The molecule has 152 valence electrons. The molecule has 0 heterocycles. The SMILES string of the molecule is CC(=O)Oc1ccc(S(=O)(=O)Cl)cc1/N=N/C(C(C)=O)C(=O)Nc1ccccc1. The van der Waals surface area contributed by atoms with Crippen LogP contribution >= 0.6 is 10.7 Å². The summed E-state index contributed by atoms with van der Waals surface area (Å²) in [4.78, 5) is 35.2. The van der Waals surface area contributed by atoms with Gasteiger partial charge in [0, 0.05) is 23.3 Å². The van der Waals surface area contributed by atoms with Crippen molar-refractivity contribution in [1.82, 2.24) is 0 Å². The van der Waals surface area contributed by atoms with Gasteiger partial charge in [-0.15, -0.1) is 0 Å². The Morgan fingerprint density at radius 1 is 1.07 bits per heavy atom. The van der Waals surface area contributed by atoms with Crippen LogP contribution in [0.3, 0.4) is 0 Å². The van der Waals surface area contributed by atoms with E-state index in [0.717, 1.165) is 32.0 Å². The molecule has 0 aliphatic carbocycles. The number of Topliss-reactive ketones (excluding diaryl/α,β-unsaturated/α-hetero) is 1. The van der Waals surface area contributed by atoms with Gasteiger partial charge in [-0.2, -0.15) is 10.2 Å². The number of ketones is 1. The number of carbonyl (C=O) groups excluding carboxylic acids is 3. The van der Waals surface area contributed by atoms with Crippen molar-refractivity contribution in [2.45, 2.75) is 24.8 Å². The molecule has 2 aromatic carbocycles. The predicted octanol–water partition coefficient (Wildman–Crippen LogP) is 3.22. The molecule has 0 radical (unpaired) electrons. The lowest BCUT2D eigenvalue weighted by molar-refractivity contribution is -0.132. The topological polar surface area (TPSA) is 131 Å². The zero-order chi connectivity index (χ0) is 21.6. The van der Waals surface area contributed by atoms with Gasteiger partial charge < -0.3 is 10.1 Å². The van der Waals surface area contributed by atoms with E-state index in [1.807, 2.05) is 0 Å². The van der Waals surface area contributed by atoms with Crippen molar-refractivity contribution in [2.24, 2.45) is 10.2 Å². The highest BCUT2D eigenvalue weighted by molar-refractivity contribution is 8.13. The minimum atomic E-state index is -4.10. The van der Waals surface area contributed by atoms with Gasteiger partial charge in [0.1, 0.15) is 5.69 Å². The Morgan fingerprint density at radius 2 is 1.72 bits per heavy atom. The summed E-state index contributed by atoms with van der Waals surface area (Å²) in [6, 6.07) is 10.2. The minimum Gasteiger partial charge on any atom is -0.424 e. The van der Waals surface area contributed by atoms with E-state index < -0.39 is 32.8 Å². The number of amides is 1. The number of azo groups is 1. The van der Waals surface area contributed by atoms with E-state index in [9.17, 15) is 22.8 Å². The maximum absolute atomic E-state index is 12.4. The van der Waals surface area contributed by atoms with Crippen molar-refractivity contribution < 1.29 is 27.5 Å². The average Bonchev–Trinajstić information content (AvgIpc) is 2.62. The van der Waals surface area contributed by atoms with Crippen LogP contribution in [-0.2, 0) is 23.4 Å². The highest BCUT2D eigenvalue weighted by Gasteiger charge is 2.24. The van der Waals surface area contributed by atoms with Gasteiger partial charge in [-0.1, -0.05) is 18.2 Å². The summed E-state index contributed by atoms with van der Waals surface area (Å²) in [5, 5.41) is 10.0. The molecule has 2 aromatic rings. The van der Waals surface area contributed by atoms with Crippen LogP contribution in [0.1, 0.15) is 13.8 Å². The van der Waals surface area contributed by atoms with Crippen molar-refractivity contribution in [2.75, 3.05) is 5.32 Å². The molecule has 0 bridgehead atoms. The number of esters is 1. The van der Waals surface area contributed by atoms with Crippen LogP contribution in [0.2, 0.25) is 0 Å². The maximum atomic E-state index is 12.4. The second-order valence-electron chi connectivity index (χ2n) is 5.74. The lowest BCUT2D eigenvalue weighted by Crippen LogP contribution is -2.31. The molecule has 0 aliphatic rings. The van der Waals surface area contributed by atoms with E-state index in [-0.39, 0.29) is 16.3 Å². The van der Waals surface area contributed by atoms with Gasteiger partial charge in [0.05, 0.1) is 4.90 Å². The van der Waals surface area contributed by atoms with Crippen molar-refractivity contribution in [3.63, 3.8) is 0 Å². The van der Waals surface area contributed by atoms with E-state index in [4.69, 9.17) is 15.4 Å². The molecular weight excluding hydrogens is 422 g/mol. The quantitative estimate of drug-likeness (QED) is 0.232. The highest BCUT2D eigenvalue weighted by Crippen LogP contribution is 2.32. The number of ether oxygens (including phenoxy) is 1. The fraction of sp³-hybridized carbons (Fsp3) is 0.167. The molecule has 9 nitrogen and oxygen atoms in total. The summed E-state index contributed by atoms with van der Waals surface area (Å²) in [6.45, 7) is 2.29. The molecular formula is C18H16ClN3O6S. The fourth-order valence-corrected chi connectivity index (χ4v) is 2.91. The second kappa shape index (κ2) is 9.39. The lowest BCUT2D eigenvalue weighted by Gasteiger charge is -2.10. The summed E-state index contributed by atoms with van der Waals surface area (Å²) >= 11 is 0. The smallest absolute Gasteiger partial charge is 0.308 e. The number of anilines is 1. The summed E-state index contributed by atoms with van der Waals surface area (Å²) in [6.07, 6.45) is 0. The normalized spacial score (nSPS) is 12.4. The summed E-state index contributed by atoms with van der Waals surface area (Å²) in [5.74, 6) is -2.14. The van der Waals surface area contributed by atoms with E-state index >= 15 is 0 Å². The molecule has 1 amide bonds. The van der Waals surface area contributed by atoms with Crippen molar-refractivity contribution >= 4 is 48.8 Å². The first-order valence-electron chi connectivity index (χ1n) is 8.12. The maximum Gasteiger partial charge on any atom is 0.308 e. The van der Waals surface area contributed by atoms with Crippen molar-refractivity contribution in [3.8, 4) is 5.75 Å². The van der Waals surface area contributed by atoms with Gasteiger partial charge in [-0.3, -0.25) is 14.4 Å². The average molecular weight is 438 g/mol. The van der Waals surface area contributed by atoms with E-state index in [2.05, 4.69) is 15.5 Å². The number of para-hydroxylation sites is 1. The van der Waals surface area contributed by atoms with Crippen LogP contribution in [0, 0.1) is 0 Å². The van der Waals surface area contributed by atoms with E-state index in [1.54, 1.807) is 30.3 Å². The lowest BCUT2D eigenvalue weighted by atomic mass is 10.2. The molecule has 2 rings (SSSR count). The van der Waals surface area contributed by atoms with Gasteiger partial charge in [0.15, 0.2) is 11.5 Å². The molecule has 0 aliphatic heterocycles. The summed E-state index contributed by atoms with van der Waals surface area (Å²) < 4.78 is 28.0. The van der Waals surface area contributed by atoms with Crippen molar-refractivity contribution in [3.05, 3.63) is 48.5 Å². The molecule has 0 saturated heterocycles. The zero-order valence-corrected chi connectivity index (χ0v) is 16.9. The number of nitrogens with zero attached hydrogens (tertiary/aromatic N) is 2. The van der Waals surface area contributed by atoms with Gasteiger partial charge in [-0.25, -0.2) is 8.42 Å². The minimum absolute atomic E-state index is 0.115. The molecule has 0 spiro atoms. The monoisotopic (exact) mass is 437 g/mol. The Hall–Kier alpha value is -3.11. The summed E-state index contributed by atoms with van der Waals surface area (Å²) in [7, 11) is 1.22. The zero-order valence-electron chi connectivity index (χ0n) is 15.3. The standard InChI is InChI=1S/C18H16ClN3O6S/c1-11(23)17(18(25)20-13-6-4-3-5-7-13)22-21-15-10-14(29(19,26)27)8-9-16(15)28-12(2)24/h3-10,17H,1-2H3,(H,20,25)/b22-21+. The van der Waals surface area contributed by atoms with Crippen LogP contribution < -0.4 is 10.1 Å². The molecule has 1 unspecified atom stereocenters. The number of hydrogen-bond donors (Lipinski definition) is 1. The van der Waals surface area contributed by atoms with Gasteiger partial charge in [0.2, 0.25) is 6.04 Å². The van der Waals surface area contributed by atoms with Crippen molar-refractivity contribution in [1.29, 1.82) is 0 Å². The molecule has 0 saturated carbocycles. The predicted molar refractivity (Wildman–Crippen MR) is 105 cm³/mol. The second-order valence-corrected chi connectivity index (χ2v) is 8.31. The number of carbonyl (C=O) groups is 3. The molecule has 11 heteroatoms. The third-order valence-corrected chi connectivity index (χ3v) is 4.77. The molecule has 1 atom stereocenters. The molecule has 0 fully saturated rings. The number of hydrogen-bond acceptors (Lipinski definition) is 8. The molecule has 0 aromatic heterocycles. The largest absolute Gasteiger partial charge is 0.424 e. The Bertz CT molecular complexity index is 1070. The third kappa shape index (κ3) is 6.47. The van der Waals surface area contributed by atoms with Crippen LogP contribution in [0.15, 0.2) is 63.7 Å². The Labute approximate surface area is 171 Å². The molecule has 29 heavy (non-hydrogen) atoms. The van der Waals surface area contributed by atoms with Gasteiger partial charge >= 0.3 is 5.97 Å². The Morgan fingerprint density at radius 3 is 2.28 bits per heavy atom. The first-order valence-corrected chi connectivity index (χ1v) is 10.4.